The molecule has 2 heterocycles. The number of aromatic nitrogens is 2. The van der Waals surface area contributed by atoms with Crippen molar-refractivity contribution in [2.24, 2.45) is 0 Å². The van der Waals surface area contributed by atoms with Crippen molar-refractivity contribution in [3.63, 3.8) is 0 Å². The van der Waals surface area contributed by atoms with E-state index in [1.807, 2.05) is 66.4 Å². The molecule has 1 N–H and O–H groups in total. The summed E-state index contributed by atoms with van der Waals surface area (Å²) in [5.74, 6) is 0.848. The van der Waals surface area contributed by atoms with Crippen LogP contribution in [0.5, 0.6) is 0 Å². The normalized spacial score (nSPS) is 14.2. The maximum atomic E-state index is 12.7. The van der Waals surface area contributed by atoms with Crippen LogP contribution in [0.3, 0.4) is 0 Å². The fourth-order valence-electron chi connectivity index (χ4n) is 3.35. The highest BCUT2D eigenvalue weighted by Gasteiger charge is 2.22. The third-order valence-corrected chi connectivity index (χ3v) is 5.04. The Balaban J connectivity index is 1.37. The Labute approximate surface area is 164 Å². The monoisotopic (exact) mass is 376 g/mol. The quantitative estimate of drug-likeness (QED) is 0.761. The van der Waals surface area contributed by atoms with Crippen LogP contribution in [0.25, 0.3) is 10.8 Å². The minimum Gasteiger partial charge on any atom is -0.376 e. The van der Waals surface area contributed by atoms with Crippen LogP contribution in [-0.4, -0.2) is 61.4 Å². The van der Waals surface area contributed by atoms with Gasteiger partial charge in [-0.05, 0) is 22.9 Å². The Hall–Kier alpha value is -3.35. The second kappa shape index (κ2) is 7.72. The molecule has 2 amide bonds. The number of benzene rings is 2. The van der Waals surface area contributed by atoms with Crippen molar-refractivity contribution in [3.05, 3.63) is 54.7 Å². The summed E-state index contributed by atoms with van der Waals surface area (Å²) in [6.07, 6.45) is 1.75. The number of piperazine rings is 1. The average Bonchev–Trinajstić information content (AvgIpc) is 2.74. The number of carbonyl (C=O) groups excluding carboxylic acids is 1. The maximum Gasteiger partial charge on any atom is 0.321 e. The van der Waals surface area contributed by atoms with Gasteiger partial charge in [-0.15, -0.1) is 5.10 Å². The van der Waals surface area contributed by atoms with E-state index in [1.54, 1.807) is 6.20 Å². The van der Waals surface area contributed by atoms with Gasteiger partial charge in [0.1, 0.15) is 0 Å². The summed E-state index contributed by atoms with van der Waals surface area (Å²) < 4.78 is 0. The van der Waals surface area contributed by atoms with Crippen LogP contribution < -0.4 is 15.1 Å². The first-order valence-electron chi connectivity index (χ1n) is 9.40. The smallest absolute Gasteiger partial charge is 0.321 e. The molecule has 1 aromatic heterocycles. The van der Waals surface area contributed by atoms with Crippen LogP contribution >= 0.6 is 0 Å². The van der Waals surface area contributed by atoms with Crippen LogP contribution in [0, 0.1) is 0 Å². The van der Waals surface area contributed by atoms with E-state index in [0.717, 1.165) is 41.1 Å². The number of nitrogens with zero attached hydrogens (tertiary/aromatic N) is 5. The van der Waals surface area contributed by atoms with E-state index < -0.39 is 0 Å². The first-order valence-corrected chi connectivity index (χ1v) is 9.40. The van der Waals surface area contributed by atoms with Crippen LogP contribution in [0.2, 0.25) is 0 Å². The molecular weight excluding hydrogens is 352 g/mol. The van der Waals surface area contributed by atoms with Crippen molar-refractivity contribution < 1.29 is 4.79 Å². The van der Waals surface area contributed by atoms with Crippen LogP contribution in [0.15, 0.2) is 54.7 Å². The average molecular weight is 376 g/mol. The summed E-state index contributed by atoms with van der Waals surface area (Å²) in [7, 11) is 3.96. The Bertz CT molecular complexity index is 981. The van der Waals surface area contributed by atoms with Crippen molar-refractivity contribution in [1.82, 2.24) is 15.1 Å². The van der Waals surface area contributed by atoms with Crippen LogP contribution in [0.1, 0.15) is 0 Å². The lowest BCUT2D eigenvalue weighted by atomic mass is 10.1. The first-order chi connectivity index (χ1) is 13.6. The summed E-state index contributed by atoms with van der Waals surface area (Å²) in [6.45, 7) is 2.76. The lowest BCUT2D eigenvalue weighted by molar-refractivity contribution is 0.208. The number of amides is 2. The number of anilines is 3. The molecule has 0 radical (unpaired) electrons. The Morgan fingerprint density at radius 3 is 2.50 bits per heavy atom. The topological polar surface area (TPSA) is 64.6 Å². The molecule has 7 heteroatoms. The molecule has 1 aliphatic rings. The van der Waals surface area contributed by atoms with Crippen LogP contribution in [0.4, 0.5) is 22.0 Å². The summed E-state index contributed by atoms with van der Waals surface area (Å²) in [6, 6.07) is 16.1. The Kier molecular flexibility index (Phi) is 4.97. The number of rotatable bonds is 3. The standard InChI is InChI=1S/C21H24N6O/c1-25(2)19-14-20(24-22-15-19)26-9-11-27(12-10-26)21(28)23-18-8-7-16-5-3-4-6-17(16)13-18/h3-8,13-15H,9-12H2,1-2H3,(H,23,28). The summed E-state index contributed by atoms with van der Waals surface area (Å²) >= 11 is 0. The van der Waals surface area contributed by atoms with Crippen molar-refractivity contribution in [3.8, 4) is 0 Å². The van der Waals surface area contributed by atoms with E-state index in [1.165, 1.54) is 0 Å². The molecule has 144 valence electrons. The predicted molar refractivity (Wildman–Crippen MR) is 113 cm³/mol. The predicted octanol–water partition coefficient (Wildman–Crippen LogP) is 3.05. The van der Waals surface area contributed by atoms with Gasteiger partial charge >= 0.3 is 6.03 Å². The molecule has 0 atom stereocenters. The largest absolute Gasteiger partial charge is 0.376 e. The molecule has 7 nitrogen and oxygen atoms in total. The zero-order valence-electron chi connectivity index (χ0n) is 16.2. The van der Waals surface area contributed by atoms with Crippen LogP contribution in [-0.2, 0) is 0 Å². The van der Waals surface area contributed by atoms with Gasteiger partial charge in [0, 0.05) is 52.0 Å². The number of carbonyl (C=O) groups is 1. The van der Waals surface area contributed by atoms with E-state index in [0.29, 0.717) is 13.1 Å². The zero-order chi connectivity index (χ0) is 19.5. The highest BCUT2D eigenvalue weighted by molar-refractivity contribution is 5.93. The fourth-order valence-corrected chi connectivity index (χ4v) is 3.35. The second-order valence-electron chi connectivity index (χ2n) is 7.13. The zero-order valence-corrected chi connectivity index (χ0v) is 16.2. The molecule has 2 aromatic carbocycles. The van der Waals surface area contributed by atoms with Gasteiger partial charge in [-0.1, -0.05) is 30.3 Å². The number of urea groups is 1. The number of nitrogens with one attached hydrogen (secondary N) is 1. The van der Waals surface area contributed by atoms with Gasteiger partial charge in [-0.25, -0.2) is 4.79 Å². The summed E-state index contributed by atoms with van der Waals surface area (Å²) in [4.78, 5) is 18.7. The molecular formula is C21H24N6O. The van der Waals surface area contributed by atoms with Gasteiger partial charge in [0.15, 0.2) is 5.82 Å². The van der Waals surface area contributed by atoms with Crippen molar-refractivity contribution in [2.45, 2.75) is 0 Å². The van der Waals surface area contributed by atoms with Crippen molar-refractivity contribution in [2.75, 3.05) is 55.4 Å². The summed E-state index contributed by atoms with van der Waals surface area (Å²) in [5, 5.41) is 13.6. The van der Waals surface area contributed by atoms with Gasteiger partial charge in [0.2, 0.25) is 0 Å². The second-order valence-corrected chi connectivity index (χ2v) is 7.13. The molecule has 4 rings (SSSR count). The molecule has 0 unspecified atom stereocenters. The van der Waals surface area contributed by atoms with Gasteiger partial charge in [-0.2, -0.15) is 5.10 Å². The third kappa shape index (κ3) is 3.83. The SMILES string of the molecule is CN(C)c1cnnc(N2CCN(C(=O)Nc3ccc4ccccc4c3)CC2)c1. The number of fused-ring (bicyclic) bond motifs is 1. The van der Waals surface area contributed by atoms with Gasteiger partial charge in [-0.3, -0.25) is 0 Å². The summed E-state index contributed by atoms with van der Waals surface area (Å²) in [5.41, 5.74) is 1.83. The lowest BCUT2D eigenvalue weighted by Gasteiger charge is -2.35. The number of hydrogen-bond acceptors (Lipinski definition) is 5. The molecule has 3 aromatic rings. The van der Waals surface area contributed by atoms with E-state index in [9.17, 15) is 4.79 Å². The fraction of sp³-hybridized carbons (Fsp3) is 0.286. The molecule has 1 aliphatic heterocycles. The molecule has 1 saturated heterocycles. The Morgan fingerprint density at radius 2 is 1.75 bits per heavy atom. The molecule has 1 fully saturated rings. The molecule has 0 saturated carbocycles. The van der Waals surface area contributed by atoms with E-state index in [4.69, 9.17) is 0 Å². The first kappa shape index (κ1) is 18.0. The Morgan fingerprint density at radius 1 is 1.00 bits per heavy atom. The lowest BCUT2D eigenvalue weighted by Crippen LogP contribution is -2.50. The minimum atomic E-state index is -0.0666. The van der Waals surface area contributed by atoms with E-state index >= 15 is 0 Å². The molecule has 0 spiro atoms. The highest BCUT2D eigenvalue weighted by atomic mass is 16.2. The maximum absolute atomic E-state index is 12.7. The van der Waals surface area contributed by atoms with Crippen molar-refractivity contribution >= 4 is 34.0 Å². The minimum absolute atomic E-state index is 0.0666. The number of hydrogen-bond donors (Lipinski definition) is 1. The van der Waals surface area contributed by atoms with Gasteiger partial charge in [0.05, 0.1) is 11.9 Å². The third-order valence-electron chi connectivity index (χ3n) is 5.04. The molecule has 0 bridgehead atoms. The van der Waals surface area contributed by atoms with Crippen molar-refractivity contribution in [1.29, 1.82) is 0 Å². The van der Waals surface area contributed by atoms with Gasteiger partial charge < -0.3 is 20.0 Å². The van der Waals surface area contributed by atoms with E-state index in [-0.39, 0.29) is 6.03 Å². The highest BCUT2D eigenvalue weighted by Crippen LogP contribution is 2.21. The van der Waals surface area contributed by atoms with E-state index in [2.05, 4.69) is 26.5 Å². The molecule has 0 aliphatic carbocycles. The van der Waals surface area contributed by atoms with Gasteiger partial charge in [0.25, 0.3) is 0 Å². The molecule has 28 heavy (non-hydrogen) atoms.